The van der Waals surface area contributed by atoms with Crippen LogP contribution in [0.4, 0.5) is 0 Å². The van der Waals surface area contributed by atoms with Gasteiger partial charge in [-0.05, 0) is 51.1 Å². The molecule has 1 aliphatic heterocycles. The Morgan fingerprint density at radius 2 is 2.35 bits per heavy atom. The number of hydrogen-bond acceptors (Lipinski definition) is 6. The molecule has 0 unspecified atom stereocenters. The van der Waals surface area contributed by atoms with Crippen LogP contribution in [0, 0.1) is 18.3 Å². The van der Waals surface area contributed by atoms with Crippen molar-refractivity contribution in [2.24, 2.45) is 0 Å². The lowest BCUT2D eigenvalue weighted by atomic mass is 10.1. The number of nitriles is 1. The molecule has 1 aromatic carbocycles. The lowest BCUT2D eigenvalue weighted by Gasteiger charge is -2.22. The van der Waals surface area contributed by atoms with Crippen molar-refractivity contribution in [3.05, 3.63) is 34.3 Å². The normalized spacial score (nSPS) is 17.2. The van der Waals surface area contributed by atoms with E-state index in [4.69, 9.17) is 5.26 Å². The third kappa shape index (κ3) is 3.71. The van der Waals surface area contributed by atoms with Crippen LogP contribution in [0.3, 0.4) is 0 Å². The summed E-state index contributed by atoms with van der Waals surface area (Å²) in [5.41, 5.74) is 1.59. The van der Waals surface area contributed by atoms with Crippen molar-refractivity contribution in [1.82, 2.24) is 15.2 Å². The standard InChI is InChI=1S/C19H22N4O2S/c1-3-23-8-4-5-15(23)11-21-18(25)17-12(2)22-19(26-17)13-6-7-16(24)14(9-13)10-20/h6-7,9,15,24H,3-5,8,11H2,1-2H3,(H,21,25)/t15-/m0/s1. The lowest BCUT2D eigenvalue weighted by molar-refractivity contribution is 0.0944. The molecule has 2 N–H and O–H groups in total. The van der Waals surface area contributed by atoms with Crippen molar-refractivity contribution in [2.45, 2.75) is 32.7 Å². The van der Waals surface area contributed by atoms with Crippen LogP contribution in [0.15, 0.2) is 18.2 Å². The van der Waals surface area contributed by atoms with E-state index < -0.39 is 0 Å². The Morgan fingerprint density at radius 1 is 1.54 bits per heavy atom. The number of nitrogens with zero attached hydrogens (tertiary/aromatic N) is 3. The van der Waals surface area contributed by atoms with Crippen LogP contribution < -0.4 is 5.32 Å². The minimum atomic E-state index is -0.103. The summed E-state index contributed by atoms with van der Waals surface area (Å²) in [6.45, 7) is 6.72. The Balaban J connectivity index is 1.73. The fourth-order valence-electron chi connectivity index (χ4n) is 3.32. The summed E-state index contributed by atoms with van der Waals surface area (Å²) in [6, 6.07) is 7.13. The number of aryl methyl sites for hydroxylation is 1. The smallest absolute Gasteiger partial charge is 0.263 e. The lowest BCUT2D eigenvalue weighted by Crippen LogP contribution is -2.39. The molecule has 0 aliphatic carbocycles. The van der Waals surface area contributed by atoms with Gasteiger partial charge in [0.25, 0.3) is 5.91 Å². The predicted octanol–water partition coefficient (Wildman–Crippen LogP) is 2.91. The number of amides is 1. The van der Waals surface area contributed by atoms with Crippen molar-refractivity contribution in [3.8, 4) is 22.4 Å². The van der Waals surface area contributed by atoms with Crippen LogP contribution in [0.1, 0.15) is 40.7 Å². The second-order valence-electron chi connectivity index (χ2n) is 6.41. The molecule has 26 heavy (non-hydrogen) atoms. The highest BCUT2D eigenvalue weighted by Crippen LogP contribution is 2.30. The molecule has 1 aliphatic rings. The average molecular weight is 370 g/mol. The van der Waals surface area contributed by atoms with Crippen LogP contribution in [-0.2, 0) is 0 Å². The number of phenolic OH excluding ortho intramolecular Hbond substituents is 1. The number of nitrogens with one attached hydrogen (secondary N) is 1. The Labute approximate surface area is 157 Å². The van der Waals surface area contributed by atoms with Crippen LogP contribution in [-0.4, -0.2) is 46.6 Å². The molecule has 136 valence electrons. The van der Waals surface area contributed by atoms with Crippen molar-refractivity contribution in [2.75, 3.05) is 19.6 Å². The average Bonchev–Trinajstić information content (AvgIpc) is 3.26. The van der Waals surface area contributed by atoms with E-state index >= 15 is 0 Å². The topological polar surface area (TPSA) is 89.3 Å². The number of aromatic hydroxyl groups is 1. The third-order valence-corrected chi connectivity index (χ3v) is 5.98. The molecule has 0 saturated carbocycles. The number of likely N-dealkylation sites (N-methyl/N-ethyl adjacent to an activating group) is 1. The summed E-state index contributed by atoms with van der Waals surface area (Å²) in [4.78, 5) is 20.0. The number of rotatable bonds is 5. The molecule has 1 amide bonds. The summed E-state index contributed by atoms with van der Waals surface area (Å²) >= 11 is 1.31. The Bertz CT molecular complexity index is 856. The molecule has 3 rings (SSSR count). The van der Waals surface area contributed by atoms with Gasteiger partial charge in [0.05, 0.1) is 11.3 Å². The molecule has 1 atom stereocenters. The van der Waals surface area contributed by atoms with Gasteiger partial charge in [-0.1, -0.05) is 6.92 Å². The van der Waals surface area contributed by atoms with Gasteiger partial charge in [-0.25, -0.2) is 4.98 Å². The van der Waals surface area contributed by atoms with E-state index in [-0.39, 0.29) is 17.2 Å². The fourth-order valence-corrected chi connectivity index (χ4v) is 4.30. The van der Waals surface area contributed by atoms with Crippen LogP contribution in [0.25, 0.3) is 10.6 Å². The van der Waals surface area contributed by atoms with E-state index in [1.165, 1.54) is 23.8 Å². The van der Waals surface area contributed by atoms with E-state index in [0.29, 0.717) is 28.2 Å². The SMILES string of the molecule is CCN1CCC[C@H]1CNC(=O)c1sc(-c2ccc(O)c(C#N)c2)nc1C. The number of benzene rings is 1. The second kappa shape index (κ2) is 7.85. The molecular weight excluding hydrogens is 348 g/mol. The quantitative estimate of drug-likeness (QED) is 0.845. The van der Waals surface area contributed by atoms with Crippen molar-refractivity contribution < 1.29 is 9.90 Å². The number of carbonyl (C=O) groups excluding carboxylic acids is 1. The fraction of sp³-hybridized carbons (Fsp3) is 0.421. The number of phenols is 1. The highest BCUT2D eigenvalue weighted by molar-refractivity contribution is 7.17. The first kappa shape index (κ1) is 18.4. The van der Waals surface area contributed by atoms with E-state index in [0.717, 1.165) is 25.1 Å². The van der Waals surface area contributed by atoms with Crippen molar-refractivity contribution in [1.29, 1.82) is 5.26 Å². The molecule has 1 fully saturated rings. The van der Waals surface area contributed by atoms with Gasteiger partial charge < -0.3 is 10.4 Å². The number of likely N-dealkylation sites (tertiary alicyclic amines) is 1. The van der Waals surface area contributed by atoms with Gasteiger partial charge in [0, 0.05) is 18.2 Å². The minimum Gasteiger partial charge on any atom is -0.507 e. The largest absolute Gasteiger partial charge is 0.507 e. The van der Waals surface area contributed by atoms with E-state index in [1.54, 1.807) is 12.1 Å². The van der Waals surface area contributed by atoms with E-state index in [1.807, 2.05) is 13.0 Å². The Morgan fingerprint density at radius 3 is 3.08 bits per heavy atom. The summed E-state index contributed by atoms with van der Waals surface area (Å²) < 4.78 is 0. The van der Waals surface area contributed by atoms with Crippen molar-refractivity contribution in [3.63, 3.8) is 0 Å². The maximum absolute atomic E-state index is 12.6. The molecule has 2 heterocycles. The molecule has 7 heteroatoms. The third-order valence-electron chi connectivity index (χ3n) is 4.77. The number of aromatic nitrogens is 1. The molecule has 6 nitrogen and oxygen atoms in total. The monoisotopic (exact) mass is 370 g/mol. The van der Waals surface area contributed by atoms with E-state index in [9.17, 15) is 9.90 Å². The Kier molecular flexibility index (Phi) is 5.55. The molecule has 0 spiro atoms. The van der Waals surface area contributed by atoms with Gasteiger partial charge in [0.1, 0.15) is 21.7 Å². The van der Waals surface area contributed by atoms with Crippen LogP contribution in [0.5, 0.6) is 5.75 Å². The molecular formula is C19H22N4O2S. The number of hydrogen-bond donors (Lipinski definition) is 2. The Hall–Kier alpha value is -2.43. The first-order valence-corrected chi connectivity index (χ1v) is 9.58. The maximum atomic E-state index is 12.6. The molecule has 1 saturated heterocycles. The van der Waals surface area contributed by atoms with Gasteiger partial charge in [0.2, 0.25) is 0 Å². The molecule has 2 aromatic rings. The van der Waals surface area contributed by atoms with Crippen LogP contribution >= 0.6 is 11.3 Å². The highest BCUT2D eigenvalue weighted by atomic mass is 32.1. The number of thiazole rings is 1. The van der Waals surface area contributed by atoms with E-state index in [2.05, 4.69) is 22.1 Å². The minimum absolute atomic E-state index is 0.0560. The second-order valence-corrected chi connectivity index (χ2v) is 7.41. The van der Waals surface area contributed by atoms with Crippen molar-refractivity contribution >= 4 is 17.2 Å². The maximum Gasteiger partial charge on any atom is 0.263 e. The molecule has 0 radical (unpaired) electrons. The first-order valence-electron chi connectivity index (χ1n) is 8.76. The van der Waals surface area contributed by atoms with Gasteiger partial charge in [-0.15, -0.1) is 11.3 Å². The highest BCUT2D eigenvalue weighted by Gasteiger charge is 2.24. The summed E-state index contributed by atoms with van der Waals surface area (Å²) in [6.07, 6.45) is 2.30. The summed E-state index contributed by atoms with van der Waals surface area (Å²) in [5, 5.41) is 22.4. The van der Waals surface area contributed by atoms with Gasteiger partial charge in [-0.2, -0.15) is 5.26 Å². The van der Waals surface area contributed by atoms with Gasteiger partial charge in [0.15, 0.2) is 0 Å². The van der Waals surface area contributed by atoms with Crippen LogP contribution in [0.2, 0.25) is 0 Å². The van der Waals surface area contributed by atoms with Gasteiger partial charge >= 0.3 is 0 Å². The van der Waals surface area contributed by atoms with Gasteiger partial charge in [-0.3, -0.25) is 9.69 Å². The molecule has 1 aromatic heterocycles. The predicted molar refractivity (Wildman–Crippen MR) is 101 cm³/mol. The molecule has 0 bridgehead atoms. The zero-order valence-corrected chi connectivity index (χ0v) is 15.8. The number of carbonyl (C=O) groups is 1. The summed E-state index contributed by atoms with van der Waals surface area (Å²) in [7, 11) is 0. The first-order chi connectivity index (χ1) is 12.5. The summed E-state index contributed by atoms with van der Waals surface area (Å²) in [5.74, 6) is -0.159. The zero-order valence-electron chi connectivity index (χ0n) is 15.0. The zero-order chi connectivity index (χ0) is 18.7.